The molecule has 0 aliphatic carbocycles. The Bertz CT molecular complexity index is 778. The van der Waals surface area contributed by atoms with Crippen LogP contribution in [0.2, 0.25) is 0 Å². The number of fused-ring (bicyclic) bond motifs is 8. The summed E-state index contributed by atoms with van der Waals surface area (Å²) in [6.45, 7) is 5.13. The fraction of sp³-hybridized carbons (Fsp3) is 0.500. The minimum absolute atomic E-state index is 0.0256. The lowest BCUT2D eigenvalue weighted by atomic mass is 9.93. The second kappa shape index (κ2) is 4.30. The summed E-state index contributed by atoms with van der Waals surface area (Å²) in [6.07, 6.45) is 4.83. The first-order valence-electron chi connectivity index (χ1n) is 7.47. The van der Waals surface area contributed by atoms with Crippen molar-refractivity contribution < 1.29 is 4.74 Å². The van der Waals surface area contributed by atoms with Crippen LogP contribution in [0.3, 0.4) is 0 Å². The number of nitrogens with one attached hydrogen (secondary N) is 1. The molecule has 0 aromatic carbocycles. The highest BCUT2D eigenvalue weighted by atomic mass is 32.1. The highest BCUT2D eigenvalue weighted by Gasteiger charge is 2.40. The maximum absolute atomic E-state index is 6.03. The smallest absolute Gasteiger partial charge is 0.239 e. The molecule has 8 heteroatoms. The molecule has 2 aromatic rings. The van der Waals surface area contributed by atoms with Crippen molar-refractivity contribution in [3.8, 4) is 5.00 Å². The Balaban J connectivity index is 1.70. The van der Waals surface area contributed by atoms with Crippen LogP contribution < -0.4 is 10.3 Å². The average Bonchev–Trinajstić information content (AvgIpc) is 3.22. The third kappa shape index (κ3) is 1.51. The number of nitrogens with zero attached hydrogens (tertiary/aromatic N) is 5. The van der Waals surface area contributed by atoms with Crippen molar-refractivity contribution in [2.45, 2.75) is 39.1 Å². The zero-order valence-electron chi connectivity index (χ0n) is 12.4. The molecule has 7 nitrogen and oxygen atoms in total. The fourth-order valence-electron chi connectivity index (χ4n) is 3.40. The molecule has 5 rings (SSSR count). The van der Waals surface area contributed by atoms with Crippen LogP contribution in [0.15, 0.2) is 11.4 Å². The standard InChI is InChI=1S/C14H16N6OS/c1-7(2)9-3-8-10(4-21-9)22-13-11(8)12-17-15-5-19(12)14-18-16-6-20(13)14/h5-7,9,12,17H,3-4H2,1-2H3/t9-,12?/m1/s1. The molecule has 2 atom stereocenters. The molecule has 1 N–H and O–H groups in total. The van der Waals surface area contributed by atoms with Crippen molar-refractivity contribution in [3.05, 3.63) is 22.3 Å². The summed E-state index contributed by atoms with van der Waals surface area (Å²) >= 11 is 1.78. The van der Waals surface area contributed by atoms with E-state index in [2.05, 4.69) is 39.1 Å². The molecule has 0 saturated carbocycles. The van der Waals surface area contributed by atoms with Crippen LogP contribution in [-0.4, -0.2) is 27.2 Å². The van der Waals surface area contributed by atoms with Crippen molar-refractivity contribution >= 4 is 23.6 Å². The Morgan fingerprint density at radius 3 is 3.23 bits per heavy atom. The Kier molecular flexibility index (Phi) is 2.46. The minimum Gasteiger partial charge on any atom is -0.372 e. The van der Waals surface area contributed by atoms with E-state index in [-0.39, 0.29) is 12.3 Å². The number of hydrazone groups is 1. The van der Waals surface area contributed by atoms with Crippen LogP contribution in [0, 0.1) is 5.92 Å². The zero-order valence-corrected chi connectivity index (χ0v) is 13.2. The van der Waals surface area contributed by atoms with E-state index in [0.29, 0.717) is 12.5 Å². The van der Waals surface area contributed by atoms with E-state index in [1.165, 1.54) is 21.0 Å². The molecule has 0 saturated heterocycles. The normalized spacial score (nSPS) is 24.8. The van der Waals surface area contributed by atoms with Gasteiger partial charge in [0, 0.05) is 16.9 Å². The van der Waals surface area contributed by atoms with E-state index in [9.17, 15) is 0 Å². The molecule has 0 radical (unpaired) electrons. The summed E-state index contributed by atoms with van der Waals surface area (Å²) in [4.78, 5) is 3.36. The third-order valence-electron chi connectivity index (χ3n) is 4.60. The first-order valence-corrected chi connectivity index (χ1v) is 8.29. The summed E-state index contributed by atoms with van der Waals surface area (Å²) in [5.74, 6) is 1.33. The lowest BCUT2D eigenvalue weighted by Crippen LogP contribution is -2.36. The van der Waals surface area contributed by atoms with Crippen molar-refractivity contribution in [3.63, 3.8) is 0 Å². The molecule has 0 spiro atoms. The molecule has 3 aliphatic rings. The number of anilines is 1. The number of hydrogen-bond donors (Lipinski definition) is 1. The van der Waals surface area contributed by atoms with Gasteiger partial charge < -0.3 is 4.74 Å². The van der Waals surface area contributed by atoms with Crippen LogP contribution in [0.25, 0.3) is 5.00 Å². The van der Waals surface area contributed by atoms with Crippen LogP contribution in [0.4, 0.5) is 5.95 Å². The summed E-state index contributed by atoms with van der Waals surface area (Å²) in [5.41, 5.74) is 5.92. The molecule has 1 unspecified atom stereocenters. The maximum atomic E-state index is 6.03. The quantitative estimate of drug-likeness (QED) is 0.869. The predicted molar refractivity (Wildman–Crippen MR) is 83.2 cm³/mol. The van der Waals surface area contributed by atoms with E-state index in [0.717, 1.165) is 12.4 Å². The fourth-order valence-corrected chi connectivity index (χ4v) is 4.65. The molecule has 0 bridgehead atoms. The summed E-state index contributed by atoms with van der Waals surface area (Å²) in [6, 6.07) is 0. The average molecular weight is 316 g/mol. The summed E-state index contributed by atoms with van der Waals surface area (Å²) < 4.78 is 8.08. The van der Waals surface area contributed by atoms with Crippen molar-refractivity contribution in [2.75, 3.05) is 4.90 Å². The van der Waals surface area contributed by atoms with Crippen molar-refractivity contribution in [1.29, 1.82) is 0 Å². The van der Waals surface area contributed by atoms with Gasteiger partial charge in [0.1, 0.15) is 17.7 Å². The SMILES string of the molecule is CC(C)[C@H]1Cc2c(sc3c2C2NN=CN2c2nncn2-3)CO1. The molecule has 0 amide bonds. The molecule has 22 heavy (non-hydrogen) atoms. The van der Waals surface area contributed by atoms with Crippen LogP contribution in [0.1, 0.15) is 36.0 Å². The predicted octanol–water partition coefficient (Wildman–Crippen LogP) is 1.79. The number of ether oxygens (including phenoxy) is 1. The number of thiophene rings is 1. The van der Waals surface area contributed by atoms with Crippen molar-refractivity contribution in [1.82, 2.24) is 20.2 Å². The van der Waals surface area contributed by atoms with Gasteiger partial charge in [-0.2, -0.15) is 5.10 Å². The Labute approximate surface area is 131 Å². The minimum atomic E-state index is 0.0256. The maximum Gasteiger partial charge on any atom is 0.239 e. The van der Waals surface area contributed by atoms with Gasteiger partial charge >= 0.3 is 0 Å². The molecular weight excluding hydrogens is 300 g/mol. The van der Waals surface area contributed by atoms with Gasteiger partial charge in [-0.25, -0.2) is 0 Å². The van der Waals surface area contributed by atoms with Gasteiger partial charge in [-0.3, -0.25) is 14.9 Å². The molecule has 114 valence electrons. The number of rotatable bonds is 1. The summed E-state index contributed by atoms with van der Waals surface area (Å²) in [5, 5.41) is 13.7. The monoisotopic (exact) mass is 316 g/mol. The van der Waals surface area contributed by atoms with Gasteiger partial charge in [-0.05, 0) is 11.5 Å². The van der Waals surface area contributed by atoms with Crippen molar-refractivity contribution in [2.24, 2.45) is 11.0 Å². The number of aromatic nitrogens is 3. The van der Waals surface area contributed by atoms with E-state index in [1.807, 2.05) is 4.90 Å². The largest absolute Gasteiger partial charge is 0.372 e. The second-order valence-corrected chi connectivity index (χ2v) is 7.29. The topological polar surface area (TPSA) is 67.6 Å². The van der Waals surface area contributed by atoms with E-state index in [1.54, 1.807) is 24.0 Å². The first-order chi connectivity index (χ1) is 10.7. The van der Waals surface area contributed by atoms with Gasteiger partial charge in [0.25, 0.3) is 0 Å². The lowest BCUT2D eigenvalue weighted by molar-refractivity contribution is 0.00135. The van der Waals surface area contributed by atoms with Crippen LogP contribution in [-0.2, 0) is 17.8 Å². The number of hydrogen-bond acceptors (Lipinski definition) is 7. The van der Waals surface area contributed by atoms with Gasteiger partial charge in [0.15, 0.2) is 6.17 Å². The highest BCUT2D eigenvalue weighted by Crippen LogP contribution is 2.46. The third-order valence-corrected chi connectivity index (χ3v) is 5.82. The van der Waals surface area contributed by atoms with Gasteiger partial charge in [-0.1, -0.05) is 13.8 Å². The lowest BCUT2D eigenvalue weighted by Gasteiger charge is -2.31. The molecule has 3 aliphatic heterocycles. The Morgan fingerprint density at radius 1 is 1.45 bits per heavy atom. The Morgan fingerprint density at radius 2 is 2.36 bits per heavy atom. The summed E-state index contributed by atoms with van der Waals surface area (Å²) in [7, 11) is 0. The highest BCUT2D eigenvalue weighted by molar-refractivity contribution is 7.15. The molecule has 5 heterocycles. The van der Waals surface area contributed by atoms with Gasteiger partial charge in [-0.15, -0.1) is 21.5 Å². The van der Waals surface area contributed by atoms with Crippen LogP contribution in [0.5, 0.6) is 0 Å². The van der Waals surface area contributed by atoms with E-state index < -0.39 is 0 Å². The van der Waals surface area contributed by atoms with Gasteiger partial charge in [0.2, 0.25) is 5.95 Å². The van der Waals surface area contributed by atoms with E-state index in [4.69, 9.17) is 4.74 Å². The second-order valence-electron chi connectivity index (χ2n) is 6.20. The molecular formula is C14H16N6OS. The molecule has 0 fully saturated rings. The van der Waals surface area contributed by atoms with Gasteiger partial charge in [0.05, 0.1) is 12.7 Å². The van der Waals surface area contributed by atoms with Crippen LogP contribution >= 0.6 is 11.3 Å². The first kappa shape index (κ1) is 12.6. The van der Waals surface area contributed by atoms with E-state index >= 15 is 0 Å². The molecule has 2 aromatic heterocycles. The Hall–Kier alpha value is -1.93. The zero-order chi connectivity index (χ0) is 14.8.